The third-order valence-corrected chi connectivity index (χ3v) is 3.86. The SMILES string of the molecule is C=CC(C)(C)c1[nH]c2ccccc2c1CCN(C)C=O. The molecular weight excluding hydrogens is 248 g/mol. The van der Waals surface area contributed by atoms with Crippen LogP contribution in [0.25, 0.3) is 10.9 Å². The van der Waals surface area contributed by atoms with Gasteiger partial charge in [-0.3, -0.25) is 4.79 Å². The van der Waals surface area contributed by atoms with Crippen LogP contribution in [0.1, 0.15) is 25.1 Å². The summed E-state index contributed by atoms with van der Waals surface area (Å²) in [5.41, 5.74) is 3.49. The first-order valence-electron chi connectivity index (χ1n) is 6.89. The van der Waals surface area contributed by atoms with Crippen molar-refractivity contribution in [3.63, 3.8) is 0 Å². The zero-order chi connectivity index (χ0) is 14.8. The molecule has 1 aromatic carbocycles. The molecule has 0 radical (unpaired) electrons. The summed E-state index contributed by atoms with van der Waals surface area (Å²) in [4.78, 5) is 16.0. The molecule has 20 heavy (non-hydrogen) atoms. The highest BCUT2D eigenvalue weighted by atomic mass is 16.1. The molecule has 0 atom stereocenters. The highest BCUT2D eigenvalue weighted by Gasteiger charge is 2.23. The molecule has 0 fully saturated rings. The van der Waals surface area contributed by atoms with E-state index in [1.165, 1.54) is 16.6 Å². The van der Waals surface area contributed by atoms with Crippen LogP contribution < -0.4 is 0 Å². The summed E-state index contributed by atoms with van der Waals surface area (Å²) in [5, 5.41) is 1.23. The number of allylic oxidation sites excluding steroid dienone is 1. The van der Waals surface area contributed by atoms with E-state index < -0.39 is 0 Å². The molecule has 106 valence electrons. The second-order valence-electron chi connectivity index (χ2n) is 5.79. The molecule has 2 rings (SSSR count). The second-order valence-corrected chi connectivity index (χ2v) is 5.79. The fraction of sp³-hybridized carbons (Fsp3) is 0.353. The summed E-state index contributed by atoms with van der Waals surface area (Å²) in [6.07, 6.45) is 3.67. The molecule has 1 N–H and O–H groups in total. The smallest absolute Gasteiger partial charge is 0.209 e. The number of fused-ring (bicyclic) bond motifs is 1. The zero-order valence-electron chi connectivity index (χ0n) is 12.4. The van der Waals surface area contributed by atoms with E-state index in [1.807, 2.05) is 18.2 Å². The molecule has 2 aromatic rings. The Labute approximate surface area is 120 Å². The number of amides is 1. The van der Waals surface area contributed by atoms with Crippen molar-refractivity contribution in [2.24, 2.45) is 0 Å². The van der Waals surface area contributed by atoms with Gasteiger partial charge in [0, 0.05) is 35.6 Å². The number of hydrogen-bond acceptors (Lipinski definition) is 1. The van der Waals surface area contributed by atoms with Gasteiger partial charge in [0.2, 0.25) is 6.41 Å². The van der Waals surface area contributed by atoms with E-state index in [1.54, 1.807) is 11.9 Å². The van der Waals surface area contributed by atoms with Crippen LogP contribution >= 0.6 is 0 Å². The van der Waals surface area contributed by atoms with Crippen LogP contribution in [-0.2, 0) is 16.6 Å². The van der Waals surface area contributed by atoms with Crippen LogP contribution in [0.2, 0.25) is 0 Å². The summed E-state index contributed by atoms with van der Waals surface area (Å²) in [6.45, 7) is 8.96. The monoisotopic (exact) mass is 270 g/mol. The van der Waals surface area contributed by atoms with Gasteiger partial charge in [-0.25, -0.2) is 0 Å². The molecule has 0 bridgehead atoms. The minimum absolute atomic E-state index is 0.117. The molecule has 0 spiro atoms. The van der Waals surface area contributed by atoms with Crippen molar-refractivity contribution in [2.75, 3.05) is 13.6 Å². The topological polar surface area (TPSA) is 36.1 Å². The fourth-order valence-electron chi connectivity index (χ4n) is 2.45. The largest absolute Gasteiger partial charge is 0.357 e. The molecule has 3 heteroatoms. The number of nitrogens with zero attached hydrogens (tertiary/aromatic N) is 1. The highest BCUT2D eigenvalue weighted by Crippen LogP contribution is 2.32. The van der Waals surface area contributed by atoms with Gasteiger partial charge in [-0.05, 0) is 18.1 Å². The molecule has 0 aliphatic carbocycles. The quantitative estimate of drug-likeness (QED) is 0.634. The van der Waals surface area contributed by atoms with E-state index in [9.17, 15) is 4.79 Å². The molecule has 0 saturated heterocycles. The summed E-state index contributed by atoms with van der Waals surface area (Å²) < 4.78 is 0. The number of nitrogens with one attached hydrogen (secondary N) is 1. The lowest BCUT2D eigenvalue weighted by Gasteiger charge is -2.21. The summed E-state index contributed by atoms with van der Waals surface area (Å²) >= 11 is 0. The Morgan fingerprint density at radius 3 is 2.70 bits per heavy atom. The van der Waals surface area contributed by atoms with Crippen LogP contribution in [0.4, 0.5) is 0 Å². The van der Waals surface area contributed by atoms with E-state index in [-0.39, 0.29) is 5.41 Å². The van der Waals surface area contributed by atoms with E-state index in [0.29, 0.717) is 6.54 Å². The molecule has 3 nitrogen and oxygen atoms in total. The molecular formula is C17H22N2O. The molecule has 0 aliphatic heterocycles. The number of hydrogen-bond donors (Lipinski definition) is 1. The Kier molecular flexibility index (Phi) is 3.98. The lowest BCUT2D eigenvalue weighted by atomic mass is 9.86. The van der Waals surface area contributed by atoms with Crippen molar-refractivity contribution in [1.82, 2.24) is 9.88 Å². The number of aromatic nitrogens is 1. The average Bonchev–Trinajstić information content (AvgIpc) is 2.84. The number of likely N-dealkylation sites (N-methyl/N-ethyl adjacent to an activating group) is 1. The molecule has 0 saturated carbocycles. The van der Waals surface area contributed by atoms with Crippen molar-refractivity contribution in [3.8, 4) is 0 Å². The fourth-order valence-corrected chi connectivity index (χ4v) is 2.45. The number of benzene rings is 1. The van der Waals surface area contributed by atoms with Crippen molar-refractivity contribution in [3.05, 3.63) is 48.2 Å². The predicted molar refractivity (Wildman–Crippen MR) is 83.9 cm³/mol. The highest BCUT2D eigenvalue weighted by molar-refractivity contribution is 5.85. The number of carbonyl (C=O) groups is 1. The van der Waals surface area contributed by atoms with Gasteiger partial charge in [-0.15, -0.1) is 6.58 Å². The number of para-hydroxylation sites is 1. The number of H-pyrrole nitrogens is 1. The van der Waals surface area contributed by atoms with Crippen LogP contribution in [0.15, 0.2) is 36.9 Å². The van der Waals surface area contributed by atoms with Crippen molar-refractivity contribution in [2.45, 2.75) is 25.7 Å². The lowest BCUT2D eigenvalue weighted by Crippen LogP contribution is -2.21. The first kappa shape index (κ1) is 14.4. The number of rotatable bonds is 6. The van der Waals surface area contributed by atoms with Crippen LogP contribution in [0, 0.1) is 0 Å². The predicted octanol–water partition coefficient (Wildman–Crippen LogP) is 3.26. The van der Waals surface area contributed by atoms with Gasteiger partial charge in [0.25, 0.3) is 0 Å². The minimum atomic E-state index is -0.117. The third kappa shape index (κ3) is 2.62. The van der Waals surface area contributed by atoms with Gasteiger partial charge < -0.3 is 9.88 Å². The van der Waals surface area contributed by atoms with Crippen LogP contribution in [0.3, 0.4) is 0 Å². The molecule has 1 heterocycles. The van der Waals surface area contributed by atoms with Crippen LogP contribution in [-0.4, -0.2) is 29.9 Å². The summed E-state index contributed by atoms with van der Waals surface area (Å²) in [7, 11) is 1.81. The van der Waals surface area contributed by atoms with Crippen molar-refractivity contribution >= 4 is 17.3 Å². The zero-order valence-corrected chi connectivity index (χ0v) is 12.4. The molecule has 1 aromatic heterocycles. The van der Waals surface area contributed by atoms with Gasteiger partial charge in [-0.1, -0.05) is 38.1 Å². The average molecular weight is 270 g/mol. The number of aromatic amines is 1. The second kappa shape index (κ2) is 5.53. The van der Waals surface area contributed by atoms with E-state index >= 15 is 0 Å². The van der Waals surface area contributed by atoms with E-state index in [0.717, 1.165) is 18.3 Å². The van der Waals surface area contributed by atoms with Gasteiger partial charge in [-0.2, -0.15) is 0 Å². The molecule has 0 unspecified atom stereocenters. The molecule has 1 amide bonds. The van der Waals surface area contributed by atoms with Crippen molar-refractivity contribution in [1.29, 1.82) is 0 Å². The standard InChI is InChI=1S/C17H22N2O/c1-5-17(2,3)16-14(10-11-19(4)12-20)13-8-6-7-9-15(13)18-16/h5-9,12,18H,1,10-11H2,2-4H3. The summed E-state index contributed by atoms with van der Waals surface area (Å²) in [5.74, 6) is 0. The van der Waals surface area contributed by atoms with Gasteiger partial charge in [0.05, 0.1) is 0 Å². The molecule has 0 aliphatic rings. The Bertz CT molecular complexity index is 625. The Balaban J connectivity index is 2.50. The normalized spacial score (nSPS) is 11.6. The van der Waals surface area contributed by atoms with Crippen LogP contribution in [0.5, 0.6) is 0 Å². The Hall–Kier alpha value is -2.03. The third-order valence-electron chi connectivity index (χ3n) is 3.86. The lowest BCUT2D eigenvalue weighted by molar-refractivity contribution is -0.116. The Morgan fingerprint density at radius 1 is 1.35 bits per heavy atom. The number of carbonyl (C=O) groups excluding carboxylic acids is 1. The van der Waals surface area contributed by atoms with Gasteiger partial charge in [0.1, 0.15) is 0 Å². The maximum absolute atomic E-state index is 10.8. The van der Waals surface area contributed by atoms with Gasteiger partial charge in [0.15, 0.2) is 0 Å². The van der Waals surface area contributed by atoms with Gasteiger partial charge >= 0.3 is 0 Å². The van der Waals surface area contributed by atoms with E-state index in [4.69, 9.17) is 0 Å². The maximum atomic E-state index is 10.8. The minimum Gasteiger partial charge on any atom is -0.357 e. The Morgan fingerprint density at radius 2 is 2.05 bits per heavy atom. The summed E-state index contributed by atoms with van der Waals surface area (Å²) in [6, 6.07) is 8.30. The van der Waals surface area contributed by atoms with Crippen molar-refractivity contribution < 1.29 is 4.79 Å². The maximum Gasteiger partial charge on any atom is 0.209 e. The van der Waals surface area contributed by atoms with E-state index in [2.05, 4.69) is 37.5 Å². The first-order chi connectivity index (χ1) is 9.49. The first-order valence-corrected chi connectivity index (χ1v) is 6.89.